The summed E-state index contributed by atoms with van der Waals surface area (Å²) in [5.74, 6) is 1.52. The Hall–Kier alpha value is -0.320. The van der Waals surface area contributed by atoms with Crippen molar-refractivity contribution in [3.8, 4) is 11.5 Å². The molecule has 6 heteroatoms. The predicted octanol–water partition coefficient (Wildman–Crippen LogP) is 4.27. The molecule has 0 N–H and O–H groups in total. The third kappa shape index (κ3) is 1.05. The molecule has 1 aromatic heterocycles. The van der Waals surface area contributed by atoms with Crippen molar-refractivity contribution < 1.29 is 14.8 Å². The van der Waals surface area contributed by atoms with Crippen molar-refractivity contribution in [1.82, 2.24) is 0 Å². The van der Waals surface area contributed by atoms with Crippen molar-refractivity contribution in [2.75, 3.05) is 0 Å². The van der Waals surface area contributed by atoms with Crippen LogP contribution in [0.4, 0.5) is 0 Å². The zero-order valence-corrected chi connectivity index (χ0v) is 10.4. The second kappa shape index (κ2) is 3.08. The summed E-state index contributed by atoms with van der Waals surface area (Å²) in [5, 5.41) is 7.35. The maximum Gasteiger partial charge on any atom is 0.220 e. The van der Waals surface area contributed by atoms with Gasteiger partial charge in [-0.3, -0.25) is 9.78 Å². The van der Waals surface area contributed by atoms with Crippen LogP contribution in [0.25, 0.3) is 10.2 Å². The summed E-state index contributed by atoms with van der Waals surface area (Å²) < 4.78 is 0. The lowest BCUT2D eigenvalue weighted by atomic mass is 10.1. The van der Waals surface area contributed by atoms with Gasteiger partial charge in [0.15, 0.2) is 0 Å². The molecule has 3 nitrogen and oxygen atoms in total. The summed E-state index contributed by atoms with van der Waals surface area (Å²) in [6.45, 7) is 4.13. The Balaban J connectivity index is 2.51. The molecule has 0 atom stereocenters. The van der Waals surface area contributed by atoms with Crippen LogP contribution in [0.15, 0.2) is 0 Å². The van der Waals surface area contributed by atoms with E-state index in [1.54, 1.807) is 0 Å². The van der Waals surface area contributed by atoms with Crippen LogP contribution in [0.1, 0.15) is 11.1 Å². The molecule has 0 saturated carbocycles. The van der Waals surface area contributed by atoms with Crippen molar-refractivity contribution in [3.05, 3.63) is 11.1 Å². The molecular formula is C8H7O3P3. The number of hydrogen-bond acceptors (Lipinski definition) is 3. The summed E-state index contributed by atoms with van der Waals surface area (Å²) in [6.07, 6.45) is 0. The monoisotopic (exact) mass is 244 g/mol. The molecule has 2 heterocycles. The van der Waals surface area contributed by atoms with Crippen LogP contribution in [-0.2, 0) is 5.04 Å². The quantitative estimate of drug-likeness (QED) is 0.647. The Kier molecular flexibility index (Phi) is 1.97. The smallest absolute Gasteiger partial charge is 0.220 e. The van der Waals surface area contributed by atoms with Crippen molar-refractivity contribution >= 4 is 33.5 Å². The zero-order chi connectivity index (χ0) is 9.71. The molecule has 0 aliphatic carbocycles. The van der Waals surface area contributed by atoms with Crippen LogP contribution in [-0.4, -0.2) is 0 Å². The molecule has 72 valence electrons. The molecule has 0 saturated heterocycles. The SMILES string of the molecule is Cc1c2c(c(C)c3p[pH]pc13)OOO2. The molecule has 0 radical (unpaired) electrons. The Morgan fingerprint density at radius 1 is 0.929 bits per heavy atom. The number of rotatable bonds is 0. The summed E-state index contributed by atoms with van der Waals surface area (Å²) in [4.78, 5) is 10.0. The lowest BCUT2D eigenvalue weighted by molar-refractivity contribution is -0.384. The van der Waals surface area contributed by atoms with Gasteiger partial charge in [-0.1, -0.05) is 7.55 Å². The van der Waals surface area contributed by atoms with Crippen LogP contribution in [0.2, 0.25) is 0 Å². The fourth-order valence-corrected chi connectivity index (χ4v) is 8.47. The minimum atomic E-state index is 0.760. The lowest BCUT2D eigenvalue weighted by Crippen LogP contribution is -1.89. The fraction of sp³-hybridized carbons (Fsp3) is 0.250. The maximum atomic E-state index is 5.01. The number of hydrogen-bond donors (Lipinski definition) is 0. The van der Waals surface area contributed by atoms with Gasteiger partial charge < -0.3 is 0 Å². The van der Waals surface area contributed by atoms with E-state index in [0.29, 0.717) is 0 Å². The first-order valence-electron chi connectivity index (χ1n) is 4.14. The summed E-state index contributed by atoms with van der Waals surface area (Å²) in [6, 6.07) is 0. The molecule has 14 heavy (non-hydrogen) atoms. The van der Waals surface area contributed by atoms with E-state index in [2.05, 4.69) is 18.9 Å². The predicted molar refractivity (Wildman–Crippen MR) is 60.3 cm³/mol. The van der Waals surface area contributed by atoms with Crippen LogP contribution >= 0.6 is 23.3 Å². The Morgan fingerprint density at radius 3 is 1.93 bits per heavy atom. The van der Waals surface area contributed by atoms with E-state index < -0.39 is 0 Å². The van der Waals surface area contributed by atoms with Crippen molar-refractivity contribution in [2.45, 2.75) is 13.8 Å². The molecule has 0 unspecified atom stereocenters. The van der Waals surface area contributed by atoms with E-state index in [-0.39, 0.29) is 0 Å². The topological polar surface area (TPSA) is 27.7 Å². The highest BCUT2D eigenvalue weighted by Gasteiger charge is 2.25. The van der Waals surface area contributed by atoms with Crippen LogP contribution in [0.3, 0.4) is 0 Å². The molecule has 2 aromatic rings. The Morgan fingerprint density at radius 2 is 1.43 bits per heavy atom. The first-order valence-corrected chi connectivity index (χ1v) is 8.61. The fourth-order valence-electron chi connectivity index (χ4n) is 1.60. The Bertz CT molecular complexity index is 476. The minimum absolute atomic E-state index is 0.760. The van der Waals surface area contributed by atoms with E-state index in [1.807, 2.05) is 0 Å². The average Bonchev–Trinajstić information content (AvgIpc) is 2.82. The highest BCUT2D eigenvalue weighted by Crippen LogP contribution is 2.54. The summed E-state index contributed by atoms with van der Waals surface area (Å²) in [7, 11) is 3.77. The van der Waals surface area contributed by atoms with Gasteiger partial charge in [-0.25, -0.2) is 0 Å². The molecule has 1 aromatic carbocycles. The minimum Gasteiger partial charge on any atom is -0.295 e. The summed E-state index contributed by atoms with van der Waals surface area (Å²) in [5.41, 5.74) is 2.33. The van der Waals surface area contributed by atoms with E-state index in [4.69, 9.17) is 9.78 Å². The third-order valence-corrected chi connectivity index (χ3v) is 8.06. The van der Waals surface area contributed by atoms with Gasteiger partial charge in [0, 0.05) is 26.4 Å². The second-order valence-electron chi connectivity index (χ2n) is 3.16. The molecule has 0 bridgehead atoms. The van der Waals surface area contributed by atoms with E-state index in [1.165, 1.54) is 26.0 Å². The highest BCUT2D eigenvalue weighted by atomic mass is 32.1. The van der Waals surface area contributed by atoms with Crippen LogP contribution < -0.4 is 9.78 Å². The van der Waals surface area contributed by atoms with Crippen molar-refractivity contribution in [3.63, 3.8) is 0 Å². The molecule has 1 aliphatic heterocycles. The van der Waals surface area contributed by atoms with Crippen LogP contribution in [0, 0.1) is 13.8 Å². The van der Waals surface area contributed by atoms with E-state index in [9.17, 15) is 0 Å². The van der Waals surface area contributed by atoms with Gasteiger partial charge in [-0.05, 0) is 29.6 Å². The molecule has 0 amide bonds. The number of aryl methyl sites for hydroxylation is 2. The van der Waals surface area contributed by atoms with E-state index in [0.717, 1.165) is 30.2 Å². The van der Waals surface area contributed by atoms with Gasteiger partial charge in [0.05, 0.1) is 0 Å². The first kappa shape index (κ1) is 8.95. The van der Waals surface area contributed by atoms with Gasteiger partial charge >= 0.3 is 0 Å². The first-order chi connectivity index (χ1) is 6.79. The number of fused-ring (bicyclic) bond motifs is 2. The van der Waals surface area contributed by atoms with Gasteiger partial charge in [0.1, 0.15) is 0 Å². The van der Waals surface area contributed by atoms with Crippen LogP contribution in [0.5, 0.6) is 11.5 Å². The maximum absolute atomic E-state index is 5.01. The highest BCUT2D eigenvalue weighted by molar-refractivity contribution is 8.20. The third-order valence-electron chi connectivity index (χ3n) is 2.38. The number of benzene rings is 1. The largest absolute Gasteiger partial charge is 0.295 e. The second-order valence-corrected chi connectivity index (χ2v) is 8.45. The van der Waals surface area contributed by atoms with Gasteiger partial charge in [-0.15, -0.1) is 0 Å². The van der Waals surface area contributed by atoms with Crippen molar-refractivity contribution in [2.24, 2.45) is 0 Å². The Labute approximate surface area is 85.3 Å². The molecule has 0 fully saturated rings. The molecule has 0 spiro atoms. The molecule has 3 rings (SSSR count). The molecular weight excluding hydrogens is 237 g/mol. The zero-order valence-electron chi connectivity index (χ0n) is 7.62. The lowest BCUT2D eigenvalue weighted by Gasteiger charge is -2.02. The summed E-state index contributed by atoms with van der Waals surface area (Å²) >= 11 is 0. The normalized spacial score (nSPS) is 15.6. The molecule has 1 aliphatic rings. The van der Waals surface area contributed by atoms with Gasteiger partial charge in [0.2, 0.25) is 11.5 Å². The van der Waals surface area contributed by atoms with Gasteiger partial charge in [0.25, 0.3) is 0 Å². The average molecular weight is 244 g/mol. The van der Waals surface area contributed by atoms with Crippen molar-refractivity contribution in [1.29, 1.82) is 0 Å². The van der Waals surface area contributed by atoms with Gasteiger partial charge in [-0.2, -0.15) is 0 Å². The standard InChI is InChI=1S/C8H7O3P3/c1-3-5-6(10-11-9-5)4(2)8-7(3)12-14-13-8/h14H,1-2H3. The van der Waals surface area contributed by atoms with E-state index >= 15 is 0 Å².